The van der Waals surface area contributed by atoms with E-state index in [-0.39, 0.29) is 11.9 Å². The van der Waals surface area contributed by atoms with Crippen molar-refractivity contribution in [3.05, 3.63) is 58.2 Å². The number of fused-ring (bicyclic) bond motifs is 2. The molecule has 8 nitrogen and oxygen atoms in total. The Kier molecular flexibility index (Phi) is 6.70. The highest BCUT2D eigenvalue weighted by Gasteiger charge is 2.38. The van der Waals surface area contributed by atoms with Crippen LogP contribution < -0.4 is 10.1 Å². The predicted octanol–water partition coefficient (Wildman–Crippen LogP) is 3.81. The van der Waals surface area contributed by atoms with Gasteiger partial charge in [0.2, 0.25) is 0 Å². The number of nitrogens with zero attached hydrogens (tertiary/aromatic N) is 3. The molecule has 1 aromatic carbocycles. The SMILES string of the molecule is CNC.Cc1c(C=O)sc2cc(Oc3ccnn4cc(C(=O)N5CC(O)C5C)c(C)c34)ccc12. The van der Waals surface area contributed by atoms with E-state index in [4.69, 9.17) is 4.74 Å². The third kappa shape index (κ3) is 4.06. The molecule has 5 rings (SSSR count). The van der Waals surface area contributed by atoms with Gasteiger partial charge in [0.25, 0.3) is 5.91 Å². The van der Waals surface area contributed by atoms with Crippen molar-refractivity contribution in [3.8, 4) is 11.5 Å². The fourth-order valence-electron chi connectivity index (χ4n) is 4.06. The lowest BCUT2D eigenvalue weighted by atomic mass is 9.99. The first-order valence-corrected chi connectivity index (χ1v) is 11.8. The first kappa shape index (κ1) is 23.9. The molecule has 1 fully saturated rings. The second-order valence-electron chi connectivity index (χ2n) is 8.39. The zero-order valence-electron chi connectivity index (χ0n) is 19.8. The Morgan fingerprint density at radius 2 is 2.00 bits per heavy atom. The number of aldehydes is 1. The molecule has 2 N–H and O–H groups in total. The number of thiophene rings is 1. The number of carbonyl (C=O) groups excluding carboxylic acids is 2. The number of aliphatic hydroxyl groups excluding tert-OH is 1. The normalized spacial score (nSPS) is 17.3. The molecular formula is C25H28N4O4S. The lowest BCUT2D eigenvalue weighted by Crippen LogP contribution is -2.60. The molecule has 1 aliphatic heterocycles. The molecule has 4 heterocycles. The summed E-state index contributed by atoms with van der Waals surface area (Å²) in [7, 11) is 3.75. The van der Waals surface area contributed by atoms with Crippen molar-refractivity contribution in [3.63, 3.8) is 0 Å². The highest BCUT2D eigenvalue weighted by atomic mass is 32.1. The molecule has 1 amide bonds. The van der Waals surface area contributed by atoms with Gasteiger partial charge in [-0.1, -0.05) is 0 Å². The van der Waals surface area contributed by atoms with Gasteiger partial charge in [0, 0.05) is 23.5 Å². The van der Waals surface area contributed by atoms with Gasteiger partial charge in [0.05, 0.1) is 28.8 Å². The standard InChI is InChI=1S/C23H21N3O4S.C2H7N/c1-12-16-5-4-15(8-20(16)31-21(12)11-27)30-19-6-7-24-26-9-17(13(2)22(19)26)23(29)25-10-18(28)14(25)3;1-3-2/h4-9,11,14,18,28H,10H2,1-3H3;3H,1-2H3. The Balaban J connectivity index is 0.000000868. The van der Waals surface area contributed by atoms with Crippen LogP contribution in [0.2, 0.25) is 0 Å². The van der Waals surface area contributed by atoms with E-state index in [9.17, 15) is 14.7 Å². The second-order valence-corrected chi connectivity index (χ2v) is 9.47. The number of ether oxygens (including phenoxy) is 1. The van der Waals surface area contributed by atoms with E-state index in [2.05, 4.69) is 10.4 Å². The van der Waals surface area contributed by atoms with Crippen LogP contribution >= 0.6 is 11.3 Å². The zero-order chi connectivity index (χ0) is 24.6. The first-order valence-electron chi connectivity index (χ1n) is 11.0. The Morgan fingerprint density at radius 3 is 2.65 bits per heavy atom. The summed E-state index contributed by atoms with van der Waals surface area (Å²) in [5.74, 6) is 1.11. The van der Waals surface area contributed by atoms with Crippen molar-refractivity contribution in [2.75, 3.05) is 20.6 Å². The maximum atomic E-state index is 13.0. The molecule has 3 aromatic heterocycles. The van der Waals surface area contributed by atoms with Gasteiger partial charge in [0.1, 0.15) is 11.3 Å². The van der Waals surface area contributed by atoms with E-state index >= 15 is 0 Å². The maximum absolute atomic E-state index is 13.0. The smallest absolute Gasteiger partial charge is 0.256 e. The van der Waals surface area contributed by atoms with Crippen LogP contribution in [0.5, 0.6) is 11.5 Å². The van der Waals surface area contributed by atoms with Crippen LogP contribution in [0.3, 0.4) is 0 Å². The molecule has 4 aromatic rings. The molecule has 2 atom stereocenters. The van der Waals surface area contributed by atoms with E-state index in [1.54, 1.807) is 27.9 Å². The van der Waals surface area contributed by atoms with Gasteiger partial charge in [-0.3, -0.25) is 9.59 Å². The van der Waals surface area contributed by atoms with Crippen LogP contribution in [-0.2, 0) is 0 Å². The number of amides is 1. The summed E-state index contributed by atoms with van der Waals surface area (Å²) in [5.41, 5.74) is 3.01. The number of rotatable bonds is 4. The van der Waals surface area contributed by atoms with Gasteiger partial charge in [-0.15, -0.1) is 11.3 Å². The molecule has 2 unspecified atom stereocenters. The van der Waals surface area contributed by atoms with Crippen LogP contribution in [-0.4, -0.2) is 64.6 Å². The fraction of sp³-hybridized carbons (Fsp3) is 0.320. The van der Waals surface area contributed by atoms with Crippen molar-refractivity contribution in [1.29, 1.82) is 0 Å². The number of carbonyl (C=O) groups is 2. The summed E-state index contributed by atoms with van der Waals surface area (Å²) in [4.78, 5) is 26.6. The van der Waals surface area contributed by atoms with Gasteiger partial charge < -0.3 is 20.1 Å². The Labute approximate surface area is 201 Å². The molecule has 9 heteroatoms. The average molecular weight is 481 g/mol. The van der Waals surface area contributed by atoms with Crippen molar-refractivity contribution < 1.29 is 19.4 Å². The summed E-state index contributed by atoms with van der Waals surface area (Å²) in [6, 6.07) is 7.33. The molecule has 0 spiro atoms. The van der Waals surface area contributed by atoms with Gasteiger partial charge >= 0.3 is 0 Å². The largest absolute Gasteiger partial charge is 0.455 e. The lowest BCUT2D eigenvalue weighted by Gasteiger charge is -2.43. The number of aryl methyl sites for hydroxylation is 2. The van der Waals surface area contributed by atoms with E-state index in [0.717, 1.165) is 37.9 Å². The first-order chi connectivity index (χ1) is 16.3. The Bertz CT molecular complexity index is 1380. The van der Waals surface area contributed by atoms with Crippen molar-refractivity contribution >= 4 is 39.1 Å². The van der Waals surface area contributed by atoms with Crippen LogP contribution in [0.4, 0.5) is 0 Å². The molecule has 1 saturated heterocycles. The summed E-state index contributed by atoms with van der Waals surface area (Å²) >= 11 is 1.44. The Hall–Kier alpha value is -3.27. The molecule has 0 radical (unpaired) electrons. The number of aliphatic hydroxyl groups is 1. The number of benzene rings is 1. The Morgan fingerprint density at radius 1 is 1.26 bits per heavy atom. The summed E-state index contributed by atoms with van der Waals surface area (Å²) in [5, 5.41) is 17.9. The van der Waals surface area contributed by atoms with Gasteiger partial charge in [-0.05, 0) is 69.6 Å². The van der Waals surface area contributed by atoms with E-state index < -0.39 is 6.10 Å². The van der Waals surface area contributed by atoms with Gasteiger partial charge in [0.15, 0.2) is 12.0 Å². The van der Waals surface area contributed by atoms with Crippen LogP contribution in [0.25, 0.3) is 15.6 Å². The molecule has 0 bridgehead atoms. The molecule has 34 heavy (non-hydrogen) atoms. The number of hydrogen-bond acceptors (Lipinski definition) is 7. The number of β-amino-alcohol motifs (C(OH)–C–C–N with tert-alkyl or cyclic N) is 1. The monoisotopic (exact) mass is 480 g/mol. The third-order valence-electron chi connectivity index (χ3n) is 6.10. The van der Waals surface area contributed by atoms with Gasteiger partial charge in [-0.25, -0.2) is 4.52 Å². The minimum atomic E-state index is -0.478. The maximum Gasteiger partial charge on any atom is 0.256 e. The second kappa shape index (κ2) is 9.54. The molecular weight excluding hydrogens is 452 g/mol. The van der Waals surface area contributed by atoms with Crippen molar-refractivity contribution in [1.82, 2.24) is 19.8 Å². The topological polar surface area (TPSA) is 96.2 Å². The zero-order valence-corrected chi connectivity index (χ0v) is 20.6. The quantitative estimate of drug-likeness (QED) is 0.431. The number of aromatic nitrogens is 2. The minimum absolute atomic E-state index is 0.122. The van der Waals surface area contributed by atoms with Gasteiger partial charge in [-0.2, -0.15) is 5.10 Å². The minimum Gasteiger partial charge on any atom is -0.455 e. The van der Waals surface area contributed by atoms with Crippen LogP contribution in [0.15, 0.2) is 36.7 Å². The van der Waals surface area contributed by atoms with Crippen LogP contribution in [0.1, 0.15) is 38.1 Å². The molecule has 178 valence electrons. The summed E-state index contributed by atoms with van der Waals surface area (Å²) in [6.45, 7) is 5.99. The van der Waals surface area contributed by atoms with Crippen molar-refractivity contribution in [2.24, 2.45) is 0 Å². The average Bonchev–Trinajstić information content (AvgIpc) is 3.34. The fourth-order valence-corrected chi connectivity index (χ4v) is 5.12. The van der Waals surface area contributed by atoms with E-state index in [0.29, 0.717) is 23.6 Å². The third-order valence-corrected chi connectivity index (χ3v) is 7.28. The molecule has 0 aliphatic carbocycles. The van der Waals surface area contributed by atoms with E-state index in [1.165, 1.54) is 11.3 Å². The van der Waals surface area contributed by atoms with E-state index in [1.807, 2.05) is 53.1 Å². The highest BCUT2D eigenvalue weighted by molar-refractivity contribution is 7.20. The number of nitrogens with one attached hydrogen (secondary N) is 1. The number of hydrogen-bond donors (Lipinski definition) is 2. The molecule has 0 saturated carbocycles. The predicted molar refractivity (Wildman–Crippen MR) is 133 cm³/mol. The lowest BCUT2D eigenvalue weighted by molar-refractivity contribution is -0.0357. The highest BCUT2D eigenvalue weighted by Crippen LogP contribution is 2.36. The molecule has 1 aliphatic rings. The summed E-state index contributed by atoms with van der Waals surface area (Å²) < 4.78 is 8.82. The van der Waals surface area contributed by atoms with Crippen LogP contribution in [0, 0.1) is 13.8 Å². The van der Waals surface area contributed by atoms with Crippen molar-refractivity contribution in [2.45, 2.75) is 32.9 Å². The number of likely N-dealkylation sites (tertiary alicyclic amines) is 1. The summed E-state index contributed by atoms with van der Waals surface area (Å²) in [6.07, 6.45) is 3.74.